The lowest BCUT2D eigenvalue weighted by molar-refractivity contribution is -0.136. The molecule has 0 atom stereocenters. The molecular weight excluding hydrogens is 530 g/mol. The molecule has 39 heavy (non-hydrogen) atoms. The van der Waals surface area contributed by atoms with Gasteiger partial charge in [0, 0.05) is 49.7 Å². The minimum atomic E-state index is -0.929. The minimum absolute atomic E-state index is 0.0374. The maximum Gasteiger partial charge on any atom is 0.250 e. The molecule has 0 radical (unpaired) electrons. The molecule has 3 aromatic rings. The lowest BCUT2D eigenvalue weighted by Crippen LogP contribution is -2.57. The van der Waals surface area contributed by atoms with Crippen molar-refractivity contribution in [3.8, 4) is 11.5 Å². The fraction of sp³-hybridized carbons (Fsp3) is 0.370. The van der Waals surface area contributed by atoms with Gasteiger partial charge < -0.3 is 24.6 Å². The molecule has 1 N–H and O–H groups in total. The predicted molar refractivity (Wildman–Crippen MR) is 145 cm³/mol. The molecule has 1 amide bonds. The van der Waals surface area contributed by atoms with Crippen molar-refractivity contribution >= 4 is 39.9 Å². The van der Waals surface area contributed by atoms with Crippen LogP contribution >= 0.6 is 11.6 Å². The molecule has 0 aliphatic carbocycles. The van der Waals surface area contributed by atoms with E-state index >= 15 is 0 Å². The van der Waals surface area contributed by atoms with Crippen LogP contribution in [0, 0.1) is 11.6 Å². The summed E-state index contributed by atoms with van der Waals surface area (Å²) < 4.78 is 39.8. The normalized spacial score (nSPS) is 16.7. The first kappa shape index (κ1) is 27.0. The van der Waals surface area contributed by atoms with E-state index in [0.717, 1.165) is 32.2 Å². The Balaban J connectivity index is 1.27. The third kappa shape index (κ3) is 5.75. The first-order chi connectivity index (χ1) is 18.7. The van der Waals surface area contributed by atoms with E-state index in [4.69, 9.17) is 21.1 Å². The predicted octanol–water partition coefficient (Wildman–Crippen LogP) is 3.71. The number of piperazine rings is 1. The van der Waals surface area contributed by atoms with Crippen molar-refractivity contribution < 1.29 is 23.0 Å². The highest BCUT2D eigenvalue weighted by atomic mass is 35.5. The Labute approximate surface area is 230 Å². The van der Waals surface area contributed by atoms with Crippen molar-refractivity contribution in [3.05, 3.63) is 59.4 Å². The van der Waals surface area contributed by atoms with Crippen LogP contribution in [0.3, 0.4) is 0 Å². The minimum Gasteiger partial charge on any atom is -0.493 e. The quantitative estimate of drug-likeness (QED) is 0.331. The summed E-state index contributed by atoms with van der Waals surface area (Å²) in [7, 11) is 3.61. The van der Waals surface area contributed by atoms with Gasteiger partial charge in [-0.1, -0.05) is 18.2 Å². The number of ether oxygens (including phenoxy) is 2. The largest absolute Gasteiger partial charge is 0.493 e. The number of hydrogen-bond acceptors (Lipinski definition) is 8. The van der Waals surface area contributed by atoms with E-state index in [1.54, 1.807) is 17.0 Å². The third-order valence-electron chi connectivity index (χ3n) is 6.95. The summed E-state index contributed by atoms with van der Waals surface area (Å²) >= 11 is 5.72. The van der Waals surface area contributed by atoms with Gasteiger partial charge in [0.05, 0.1) is 31.4 Å². The standard InChI is InChI=1S/C27H29ClF2N6O3/c1-16(12-35-8-6-34(2)7-9-35)27(37)36-13-17(14-36)39-23-10-18-21(11-22(23)38-3)31-15-32-26(18)33-20-5-4-19(29)24(28)25(20)30/h4-5,10-11,15,17H,1,6-9,12-14H2,2-3H3,(H,31,32,33). The van der Waals surface area contributed by atoms with E-state index in [2.05, 4.69) is 38.7 Å². The third-order valence-corrected chi connectivity index (χ3v) is 7.30. The number of methoxy groups -OCH3 is 1. The summed E-state index contributed by atoms with van der Waals surface area (Å²) in [5, 5.41) is 2.77. The van der Waals surface area contributed by atoms with E-state index < -0.39 is 16.7 Å². The number of nitrogens with one attached hydrogen (secondary N) is 1. The van der Waals surface area contributed by atoms with Crippen molar-refractivity contribution in [3.63, 3.8) is 0 Å². The smallest absolute Gasteiger partial charge is 0.250 e. The summed E-state index contributed by atoms with van der Waals surface area (Å²) in [4.78, 5) is 27.6. The number of carbonyl (C=O) groups excluding carboxylic acids is 1. The fourth-order valence-electron chi connectivity index (χ4n) is 4.59. The maximum absolute atomic E-state index is 14.5. The Morgan fingerprint density at radius 2 is 1.90 bits per heavy atom. The van der Waals surface area contributed by atoms with Gasteiger partial charge in [-0.05, 0) is 25.2 Å². The zero-order chi connectivity index (χ0) is 27.7. The van der Waals surface area contributed by atoms with Crippen LogP contribution in [0.5, 0.6) is 11.5 Å². The molecule has 206 valence electrons. The lowest BCUT2D eigenvalue weighted by Gasteiger charge is -2.40. The van der Waals surface area contributed by atoms with Crippen LogP contribution in [0.25, 0.3) is 10.9 Å². The lowest BCUT2D eigenvalue weighted by atomic mass is 10.1. The van der Waals surface area contributed by atoms with Gasteiger partial charge in [-0.2, -0.15) is 0 Å². The van der Waals surface area contributed by atoms with Gasteiger partial charge >= 0.3 is 0 Å². The van der Waals surface area contributed by atoms with Gasteiger partial charge in [0.1, 0.15) is 29.1 Å². The van der Waals surface area contributed by atoms with Crippen molar-refractivity contribution in [2.45, 2.75) is 6.10 Å². The molecule has 0 spiro atoms. The van der Waals surface area contributed by atoms with Crippen LogP contribution in [0.4, 0.5) is 20.3 Å². The van der Waals surface area contributed by atoms with Crippen LogP contribution < -0.4 is 14.8 Å². The van der Waals surface area contributed by atoms with E-state index in [-0.39, 0.29) is 23.5 Å². The topological polar surface area (TPSA) is 83.1 Å². The van der Waals surface area contributed by atoms with Gasteiger partial charge in [-0.3, -0.25) is 9.69 Å². The second-order valence-electron chi connectivity index (χ2n) is 9.72. The molecule has 2 aromatic carbocycles. The zero-order valence-electron chi connectivity index (χ0n) is 21.7. The number of hydrogen-bond donors (Lipinski definition) is 1. The molecule has 0 bridgehead atoms. The summed E-state index contributed by atoms with van der Waals surface area (Å²) in [5.74, 6) is -0.703. The van der Waals surface area contributed by atoms with Crippen molar-refractivity contribution in [1.82, 2.24) is 24.7 Å². The summed E-state index contributed by atoms with van der Waals surface area (Å²) in [6.07, 6.45) is 1.07. The number of nitrogens with zero attached hydrogens (tertiary/aromatic N) is 5. The Morgan fingerprint density at radius 1 is 1.15 bits per heavy atom. The summed E-state index contributed by atoms with van der Waals surface area (Å²) in [6.45, 7) is 9.18. The number of benzene rings is 2. The van der Waals surface area contributed by atoms with Gasteiger partial charge in [0.2, 0.25) is 0 Å². The van der Waals surface area contributed by atoms with Crippen molar-refractivity contribution in [1.29, 1.82) is 0 Å². The van der Waals surface area contributed by atoms with E-state index in [0.29, 0.717) is 47.6 Å². The molecule has 9 nitrogen and oxygen atoms in total. The molecule has 2 aliphatic heterocycles. The van der Waals surface area contributed by atoms with E-state index in [1.807, 2.05) is 0 Å². The molecular formula is C27H29ClF2N6O3. The number of aromatic nitrogens is 2. The van der Waals surface area contributed by atoms with E-state index in [1.165, 1.54) is 19.5 Å². The second kappa shape index (κ2) is 11.3. The first-order valence-electron chi connectivity index (χ1n) is 12.5. The molecule has 12 heteroatoms. The van der Waals surface area contributed by atoms with Gasteiger partial charge in [-0.25, -0.2) is 18.7 Å². The van der Waals surface area contributed by atoms with Crippen molar-refractivity contribution in [2.24, 2.45) is 0 Å². The second-order valence-corrected chi connectivity index (χ2v) is 10.1. The number of amides is 1. The number of anilines is 2. The number of halogens is 3. The van der Waals surface area contributed by atoms with Gasteiger partial charge in [0.25, 0.3) is 5.91 Å². The first-order valence-corrected chi connectivity index (χ1v) is 12.9. The molecule has 1 aromatic heterocycles. The highest BCUT2D eigenvalue weighted by Crippen LogP contribution is 2.37. The number of rotatable bonds is 8. The van der Waals surface area contributed by atoms with Crippen molar-refractivity contribution in [2.75, 3.05) is 65.3 Å². The van der Waals surface area contributed by atoms with Crippen LogP contribution in [0.2, 0.25) is 5.02 Å². The Morgan fingerprint density at radius 3 is 2.62 bits per heavy atom. The average molecular weight is 559 g/mol. The SMILES string of the molecule is C=C(CN1CCN(C)CC1)C(=O)N1CC(Oc2cc3c(Nc4ccc(F)c(Cl)c4F)ncnc3cc2OC)C1. The Kier molecular flexibility index (Phi) is 7.83. The summed E-state index contributed by atoms with van der Waals surface area (Å²) in [6, 6.07) is 5.68. The number of fused-ring (bicyclic) bond motifs is 1. The highest BCUT2D eigenvalue weighted by molar-refractivity contribution is 6.31. The summed E-state index contributed by atoms with van der Waals surface area (Å²) in [5.41, 5.74) is 1.06. The molecule has 3 heterocycles. The van der Waals surface area contributed by atoms with Gasteiger partial charge in [-0.15, -0.1) is 0 Å². The highest BCUT2D eigenvalue weighted by Gasteiger charge is 2.34. The van der Waals surface area contributed by atoms with E-state index in [9.17, 15) is 13.6 Å². The fourth-order valence-corrected chi connectivity index (χ4v) is 4.76. The molecule has 2 saturated heterocycles. The van der Waals surface area contributed by atoms with Crippen LogP contribution in [0.1, 0.15) is 0 Å². The Bertz CT molecular complexity index is 1410. The van der Waals surface area contributed by atoms with Crippen LogP contribution in [-0.4, -0.2) is 96.6 Å². The monoisotopic (exact) mass is 558 g/mol. The Hall–Kier alpha value is -3.54. The molecule has 0 saturated carbocycles. The number of likely N-dealkylation sites (tertiary alicyclic amines) is 1. The average Bonchev–Trinajstić information content (AvgIpc) is 2.91. The maximum atomic E-state index is 14.5. The van der Waals surface area contributed by atoms with Crippen LogP contribution in [-0.2, 0) is 4.79 Å². The van der Waals surface area contributed by atoms with Crippen LogP contribution in [0.15, 0.2) is 42.7 Å². The number of likely N-dealkylation sites (N-methyl/N-ethyl adjacent to an activating group) is 1. The van der Waals surface area contributed by atoms with Gasteiger partial charge in [0.15, 0.2) is 17.3 Å². The zero-order valence-corrected chi connectivity index (χ0v) is 22.5. The molecule has 2 aliphatic rings. The number of carbonyl (C=O) groups is 1. The molecule has 0 unspecified atom stereocenters. The molecule has 2 fully saturated rings. The molecule has 5 rings (SSSR count).